The van der Waals surface area contributed by atoms with E-state index >= 15 is 0 Å². The van der Waals surface area contributed by atoms with Crippen LogP contribution in [-0.2, 0) is 6.54 Å². The molecule has 0 atom stereocenters. The molecule has 0 amide bonds. The number of hydrogen-bond donors (Lipinski definition) is 1. The molecule has 94 valence electrons. The number of halogens is 2. The van der Waals surface area contributed by atoms with Gasteiger partial charge >= 0.3 is 0 Å². The molecule has 5 heteroatoms. The van der Waals surface area contributed by atoms with Crippen molar-refractivity contribution < 1.29 is 4.39 Å². The average Bonchev–Trinajstić information content (AvgIpc) is 2.33. The van der Waals surface area contributed by atoms with Crippen molar-refractivity contribution in [1.29, 1.82) is 0 Å². The topological polar surface area (TPSA) is 42.2 Å². The van der Waals surface area contributed by atoms with Crippen molar-refractivity contribution in [3.63, 3.8) is 0 Å². The number of nitrogens with two attached hydrogens (primary N) is 1. The number of nitrogen functional groups attached to an aromatic ring is 1. The van der Waals surface area contributed by atoms with Gasteiger partial charge in [-0.3, -0.25) is 4.98 Å². The van der Waals surface area contributed by atoms with Crippen molar-refractivity contribution in [2.45, 2.75) is 6.54 Å². The van der Waals surface area contributed by atoms with Gasteiger partial charge in [0.15, 0.2) is 0 Å². The maximum Gasteiger partial charge on any atom is 0.129 e. The lowest BCUT2D eigenvalue weighted by Gasteiger charge is -2.21. The van der Waals surface area contributed by atoms with E-state index in [1.54, 1.807) is 18.5 Å². The minimum atomic E-state index is -0.233. The number of hydrogen-bond acceptors (Lipinski definition) is 3. The fourth-order valence-electron chi connectivity index (χ4n) is 1.74. The van der Waals surface area contributed by atoms with Crippen molar-refractivity contribution >= 4 is 27.3 Å². The molecule has 0 radical (unpaired) electrons. The van der Waals surface area contributed by atoms with Crippen LogP contribution in [0, 0.1) is 5.82 Å². The number of pyridine rings is 1. The lowest BCUT2D eigenvalue weighted by Crippen LogP contribution is -2.18. The predicted molar refractivity (Wildman–Crippen MR) is 74.9 cm³/mol. The molecule has 0 saturated carbocycles. The first-order chi connectivity index (χ1) is 8.58. The van der Waals surface area contributed by atoms with Gasteiger partial charge in [0.2, 0.25) is 0 Å². The smallest absolute Gasteiger partial charge is 0.129 e. The summed E-state index contributed by atoms with van der Waals surface area (Å²) in [5.41, 5.74) is 7.88. The van der Waals surface area contributed by atoms with Gasteiger partial charge in [-0.25, -0.2) is 4.39 Å². The first-order valence-electron chi connectivity index (χ1n) is 5.42. The van der Waals surface area contributed by atoms with Gasteiger partial charge in [-0.15, -0.1) is 0 Å². The molecule has 18 heavy (non-hydrogen) atoms. The number of benzene rings is 1. The molecule has 3 nitrogen and oxygen atoms in total. The molecule has 2 rings (SSSR count). The van der Waals surface area contributed by atoms with Crippen LogP contribution in [0.1, 0.15) is 5.56 Å². The standard InChI is InChI=1S/C13H13BrFN3/c1-18(13-4-5-17-7-12(13)16)8-9-2-3-10(14)6-11(9)15/h2-7H,8,16H2,1H3. The SMILES string of the molecule is CN(Cc1ccc(Br)cc1F)c1ccncc1N. The molecular weight excluding hydrogens is 297 g/mol. The summed E-state index contributed by atoms with van der Waals surface area (Å²) in [7, 11) is 1.87. The van der Waals surface area contributed by atoms with Crippen LogP contribution in [-0.4, -0.2) is 12.0 Å². The van der Waals surface area contributed by atoms with E-state index in [4.69, 9.17) is 5.73 Å². The molecule has 1 aromatic heterocycles. The largest absolute Gasteiger partial charge is 0.396 e. The molecule has 0 aliphatic carbocycles. The Balaban J connectivity index is 2.21. The fourth-order valence-corrected chi connectivity index (χ4v) is 2.07. The first-order valence-corrected chi connectivity index (χ1v) is 6.22. The van der Waals surface area contributed by atoms with Gasteiger partial charge in [-0.2, -0.15) is 0 Å². The summed E-state index contributed by atoms with van der Waals surface area (Å²) in [4.78, 5) is 5.82. The molecule has 2 aromatic rings. The van der Waals surface area contributed by atoms with E-state index in [1.165, 1.54) is 6.07 Å². The van der Waals surface area contributed by atoms with Crippen LogP contribution < -0.4 is 10.6 Å². The Bertz CT molecular complexity index is 560. The molecule has 2 N–H and O–H groups in total. The second-order valence-corrected chi connectivity index (χ2v) is 4.94. The highest BCUT2D eigenvalue weighted by molar-refractivity contribution is 9.10. The highest BCUT2D eigenvalue weighted by atomic mass is 79.9. The maximum atomic E-state index is 13.7. The van der Waals surface area contributed by atoms with Gasteiger partial charge in [0.1, 0.15) is 5.82 Å². The number of anilines is 2. The number of aromatic nitrogens is 1. The minimum absolute atomic E-state index is 0.233. The van der Waals surface area contributed by atoms with Gasteiger partial charge in [-0.05, 0) is 18.2 Å². The summed E-state index contributed by atoms with van der Waals surface area (Å²) < 4.78 is 14.5. The summed E-state index contributed by atoms with van der Waals surface area (Å²) in [6, 6.07) is 6.85. The van der Waals surface area contributed by atoms with E-state index in [-0.39, 0.29) is 5.82 Å². The molecule has 0 unspecified atom stereocenters. The highest BCUT2D eigenvalue weighted by Crippen LogP contribution is 2.23. The lowest BCUT2D eigenvalue weighted by atomic mass is 10.2. The van der Waals surface area contributed by atoms with Crippen LogP contribution in [0.25, 0.3) is 0 Å². The summed E-state index contributed by atoms with van der Waals surface area (Å²) in [5, 5.41) is 0. The molecule has 0 aliphatic heterocycles. The zero-order valence-corrected chi connectivity index (χ0v) is 11.5. The van der Waals surface area contributed by atoms with Crippen LogP contribution in [0.4, 0.5) is 15.8 Å². The first kappa shape index (κ1) is 12.8. The lowest BCUT2D eigenvalue weighted by molar-refractivity contribution is 0.607. The summed E-state index contributed by atoms with van der Waals surface area (Å²) in [5.74, 6) is -0.233. The number of nitrogens with zero attached hydrogens (tertiary/aromatic N) is 2. The monoisotopic (exact) mass is 309 g/mol. The Hall–Kier alpha value is -1.62. The Morgan fingerprint density at radius 2 is 2.17 bits per heavy atom. The molecule has 0 spiro atoms. The Morgan fingerprint density at radius 3 is 2.83 bits per heavy atom. The van der Waals surface area contributed by atoms with Crippen molar-refractivity contribution in [2.24, 2.45) is 0 Å². The van der Waals surface area contributed by atoms with Crippen molar-refractivity contribution in [3.05, 3.63) is 52.5 Å². The molecule has 1 aromatic carbocycles. The van der Waals surface area contributed by atoms with Gasteiger partial charge < -0.3 is 10.6 Å². The zero-order valence-electron chi connectivity index (χ0n) is 9.90. The van der Waals surface area contributed by atoms with Crippen molar-refractivity contribution in [1.82, 2.24) is 4.98 Å². The van der Waals surface area contributed by atoms with E-state index in [2.05, 4.69) is 20.9 Å². The molecule has 0 saturated heterocycles. The molecule has 0 bridgehead atoms. The molecule has 0 aliphatic rings. The van der Waals surface area contributed by atoms with E-state index < -0.39 is 0 Å². The summed E-state index contributed by atoms with van der Waals surface area (Å²) in [6.07, 6.45) is 3.25. The second kappa shape index (κ2) is 5.35. The van der Waals surface area contributed by atoms with Gasteiger partial charge in [0, 0.05) is 29.8 Å². The van der Waals surface area contributed by atoms with Crippen LogP contribution >= 0.6 is 15.9 Å². The third kappa shape index (κ3) is 2.79. The van der Waals surface area contributed by atoms with E-state index in [9.17, 15) is 4.39 Å². The summed E-state index contributed by atoms with van der Waals surface area (Å²) in [6.45, 7) is 0.452. The zero-order chi connectivity index (χ0) is 13.1. The highest BCUT2D eigenvalue weighted by Gasteiger charge is 2.09. The van der Waals surface area contributed by atoms with E-state index in [0.29, 0.717) is 17.8 Å². The van der Waals surface area contributed by atoms with Gasteiger partial charge in [0.25, 0.3) is 0 Å². The van der Waals surface area contributed by atoms with Crippen LogP contribution in [0.3, 0.4) is 0 Å². The third-order valence-electron chi connectivity index (χ3n) is 2.66. The van der Waals surface area contributed by atoms with Crippen LogP contribution in [0.15, 0.2) is 41.1 Å². The molecule has 0 fully saturated rings. The van der Waals surface area contributed by atoms with E-state index in [1.807, 2.05) is 24.1 Å². The normalized spacial score (nSPS) is 10.4. The van der Waals surface area contributed by atoms with Crippen LogP contribution in [0.2, 0.25) is 0 Å². The minimum Gasteiger partial charge on any atom is -0.396 e. The van der Waals surface area contributed by atoms with Crippen molar-refractivity contribution in [3.8, 4) is 0 Å². The Kier molecular flexibility index (Phi) is 3.81. The van der Waals surface area contributed by atoms with Gasteiger partial charge in [0.05, 0.1) is 17.6 Å². The molecular formula is C13H13BrFN3. The molecule has 1 heterocycles. The van der Waals surface area contributed by atoms with Crippen LogP contribution in [0.5, 0.6) is 0 Å². The van der Waals surface area contributed by atoms with Crippen molar-refractivity contribution in [2.75, 3.05) is 17.7 Å². The predicted octanol–water partition coefficient (Wildman–Crippen LogP) is 3.20. The average molecular weight is 310 g/mol. The Morgan fingerprint density at radius 1 is 1.39 bits per heavy atom. The van der Waals surface area contributed by atoms with E-state index in [0.717, 1.165) is 10.2 Å². The third-order valence-corrected chi connectivity index (χ3v) is 3.15. The van der Waals surface area contributed by atoms with Gasteiger partial charge in [-0.1, -0.05) is 22.0 Å². The summed E-state index contributed by atoms with van der Waals surface area (Å²) >= 11 is 3.24. The Labute approximate surface area is 114 Å². The fraction of sp³-hybridized carbons (Fsp3) is 0.154. The second-order valence-electron chi connectivity index (χ2n) is 4.03. The maximum absolute atomic E-state index is 13.7. The number of rotatable bonds is 3. The quantitative estimate of drug-likeness (QED) is 0.946.